The molecule has 0 bridgehead atoms. The molecule has 0 radical (unpaired) electrons. The van der Waals surface area contributed by atoms with E-state index in [4.69, 9.17) is 4.74 Å². The number of aliphatic hydroxyl groups excluding tert-OH is 2. The molecule has 0 unspecified atom stereocenters. The van der Waals surface area contributed by atoms with Gasteiger partial charge in [0.25, 0.3) is 0 Å². The van der Waals surface area contributed by atoms with Gasteiger partial charge in [0.2, 0.25) is 5.88 Å². The highest BCUT2D eigenvalue weighted by molar-refractivity contribution is 5.39. The molecule has 6 N–H and O–H groups in total. The van der Waals surface area contributed by atoms with Gasteiger partial charge in [-0.2, -0.15) is 0 Å². The van der Waals surface area contributed by atoms with E-state index in [0.717, 1.165) is 70.3 Å². The van der Waals surface area contributed by atoms with Crippen molar-refractivity contribution in [1.82, 2.24) is 14.9 Å². The number of imidazole rings is 1. The Morgan fingerprint density at radius 1 is 0.973 bits per heavy atom. The van der Waals surface area contributed by atoms with Crippen LogP contribution in [-0.2, 0) is 17.8 Å². The van der Waals surface area contributed by atoms with Gasteiger partial charge in [0.05, 0.1) is 24.6 Å². The number of nitrogens with one attached hydrogen (secondary N) is 2. The molecular weight excluding hydrogens is 474 g/mol. The first-order valence-electron chi connectivity index (χ1n) is 13.0. The molecule has 202 valence electrons. The fraction of sp³-hybridized carbons (Fsp3) is 0.464. The van der Waals surface area contributed by atoms with Gasteiger partial charge in [-0.05, 0) is 74.0 Å². The van der Waals surface area contributed by atoms with Crippen LogP contribution in [-0.4, -0.2) is 56.3 Å². The Morgan fingerprint density at radius 3 is 2.51 bits per heavy atom. The van der Waals surface area contributed by atoms with Crippen molar-refractivity contribution in [2.45, 2.75) is 57.7 Å². The SMILES string of the molecule is O=c1[nH]cc(O)n1-c1cccc(CCCCOCCCCCCNC[C@@H](O)c2ccc(O)c(CO)c2)c1. The summed E-state index contributed by atoms with van der Waals surface area (Å²) in [6.45, 7) is 2.47. The minimum Gasteiger partial charge on any atom is -0.508 e. The van der Waals surface area contributed by atoms with Gasteiger partial charge in [0.1, 0.15) is 5.75 Å². The van der Waals surface area contributed by atoms with E-state index in [0.29, 0.717) is 23.4 Å². The smallest absolute Gasteiger partial charge is 0.333 e. The van der Waals surface area contributed by atoms with Crippen molar-refractivity contribution in [3.63, 3.8) is 0 Å². The molecule has 0 aliphatic rings. The van der Waals surface area contributed by atoms with Crippen molar-refractivity contribution < 1.29 is 25.2 Å². The lowest BCUT2D eigenvalue weighted by atomic mass is 10.1. The second kappa shape index (κ2) is 15.2. The minimum absolute atomic E-state index is 0.0346. The molecule has 1 aromatic heterocycles. The molecule has 1 heterocycles. The highest BCUT2D eigenvalue weighted by Gasteiger charge is 2.10. The van der Waals surface area contributed by atoms with Gasteiger partial charge < -0.3 is 35.5 Å². The lowest BCUT2D eigenvalue weighted by molar-refractivity contribution is 0.126. The molecule has 3 rings (SSSR count). The maximum Gasteiger partial charge on any atom is 0.333 e. The molecule has 2 aromatic carbocycles. The van der Waals surface area contributed by atoms with Crippen LogP contribution in [0.15, 0.2) is 53.5 Å². The third-order valence-corrected chi connectivity index (χ3v) is 6.32. The average Bonchev–Trinajstić information content (AvgIpc) is 3.24. The second-order valence-electron chi connectivity index (χ2n) is 9.21. The lowest BCUT2D eigenvalue weighted by Gasteiger charge is -2.14. The summed E-state index contributed by atoms with van der Waals surface area (Å²) in [5, 5.41) is 42.2. The van der Waals surface area contributed by atoms with Gasteiger partial charge in [-0.15, -0.1) is 0 Å². The van der Waals surface area contributed by atoms with Crippen LogP contribution >= 0.6 is 0 Å². The number of aromatic amines is 1. The first-order valence-corrected chi connectivity index (χ1v) is 13.0. The predicted molar refractivity (Wildman–Crippen MR) is 142 cm³/mol. The molecule has 0 amide bonds. The van der Waals surface area contributed by atoms with Gasteiger partial charge in [-0.3, -0.25) is 0 Å². The number of unbranched alkanes of at least 4 members (excludes halogenated alkanes) is 4. The van der Waals surface area contributed by atoms with Crippen LogP contribution in [0.4, 0.5) is 0 Å². The number of phenols is 1. The van der Waals surface area contributed by atoms with Gasteiger partial charge in [0, 0.05) is 25.3 Å². The quantitative estimate of drug-likeness (QED) is 0.152. The summed E-state index contributed by atoms with van der Waals surface area (Å²) in [4.78, 5) is 14.3. The number of aliphatic hydroxyl groups is 2. The molecule has 0 saturated carbocycles. The number of rotatable bonds is 17. The fourth-order valence-corrected chi connectivity index (χ4v) is 4.20. The average molecular weight is 514 g/mol. The van der Waals surface area contributed by atoms with E-state index in [-0.39, 0.29) is 23.9 Å². The summed E-state index contributed by atoms with van der Waals surface area (Å²) in [6.07, 6.45) is 7.68. The number of aromatic nitrogens is 2. The summed E-state index contributed by atoms with van der Waals surface area (Å²) in [7, 11) is 0. The number of hydrogen-bond donors (Lipinski definition) is 6. The number of hydrogen-bond acceptors (Lipinski definition) is 7. The van der Waals surface area contributed by atoms with Crippen molar-refractivity contribution in [3.8, 4) is 17.3 Å². The van der Waals surface area contributed by atoms with Crippen LogP contribution in [0.2, 0.25) is 0 Å². The topological polar surface area (TPSA) is 140 Å². The third-order valence-electron chi connectivity index (χ3n) is 6.32. The van der Waals surface area contributed by atoms with Gasteiger partial charge in [0.15, 0.2) is 0 Å². The van der Waals surface area contributed by atoms with Gasteiger partial charge >= 0.3 is 5.69 Å². The number of H-pyrrole nitrogens is 1. The maximum atomic E-state index is 11.8. The van der Waals surface area contributed by atoms with Crippen LogP contribution < -0.4 is 11.0 Å². The Hall–Kier alpha value is -3.11. The van der Waals surface area contributed by atoms with Crippen molar-refractivity contribution >= 4 is 0 Å². The number of benzene rings is 2. The molecule has 3 aromatic rings. The lowest BCUT2D eigenvalue weighted by Crippen LogP contribution is -2.22. The van der Waals surface area contributed by atoms with E-state index >= 15 is 0 Å². The zero-order valence-electron chi connectivity index (χ0n) is 21.2. The van der Waals surface area contributed by atoms with Crippen LogP contribution in [0.3, 0.4) is 0 Å². The number of aryl methyl sites for hydroxylation is 1. The number of aromatic hydroxyl groups is 2. The van der Waals surface area contributed by atoms with E-state index in [2.05, 4.69) is 10.3 Å². The third kappa shape index (κ3) is 9.05. The van der Waals surface area contributed by atoms with Crippen LogP contribution in [0.5, 0.6) is 11.6 Å². The van der Waals surface area contributed by atoms with Crippen LogP contribution in [0, 0.1) is 0 Å². The van der Waals surface area contributed by atoms with Crippen LogP contribution in [0.25, 0.3) is 5.69 Å². The Kier molecular flexibility index (Phi) is 11.7. The molecule has 0 fully saturated rings. The Labute approximate surface area is 217 Å². The minimum atomic E-state index is -0.680. The van der Waals surface area contributed by atoms with E-state index < -0.39 is 6.10 Å². The number of ether oxygens (including phenoxy) is 1. The van der Waals surface area contributed by atoms with E-state index in [1.807, 2.05) is 18.2 Å². The standard InChI is InChI=1S/C28H39N3O6/c32-20-23-17-22(11-12-25(23)33)26(34)18-29-13-4-1-2-5-14-37-15-6-3-8-21-9-7-10-24(16-21)31-27(35)19-30-28(31)36/h7,9-12,16-17,19,26,29,32-35H,1-6,8,13-15,18,20H2,(H,30,36)/t26-/m1/s1. The molecule has 37 heavy (non-hydrogen) atoms. The summed E-state index contributed by atoms with van der Waals surface area (Å²) in [5.41, 5.74) is 2.50. The van der Waals surface area contributed by atoms with E-state index in [1.54, 1.807) is 18.2 Å². The number of nitrogens with zero attached hydrogens (tertiary/aromatic N) is 1. The van der Waals surface area contributed by atoms with Crippen LogP contribution in [0.1, 0.15) is 61.3 Å². The largest absolute Gasteiger partial charge is 0.508 e. The Balaban J connectivity index is 1.17. The zero-order valence-corrected chi connectivity index (χ0v) is 21.2. The van der Waals surface area contributed by atoms with Gasteiger partial charge in [-0.25, -0.2) is 9.36 Å². The van der Waals surface area contributed by atoms with Crippen molar-refractivity contribution in [1.29, 1.82) is 0 Å². The summed E-state index contributed by atoms with van der Waals surface area (Å²) in [6, 6.07) is 12.4. The van der Waals surface area contributed by atoms with E-state index in [1.165, 1.54) is 16.8 Å². The summed E-state index contributed by atoms with van der Waals surface area (Å²) >= 11 is 0. The summed E-state index contributed by atoms with van der Waals surface area (Å²) in [5.74, 6) is -0.0680. The molecule has 0 saturated heterocycles. The Bertz CT molecular complexity index is 1140. The second-order valence-corrected chi connectivity index (χ2v) is 9.21. The first kappa shape index (κ1) is 28.5. The molecule has 0 aliphatic carbocycles. The van der Waals surface area contributed by atoms with Crippen molar-refractivity contribution in [3.05, 3.63) is 75.8 Å². The fourth-order valence-electron chi connectivity index (χ4n) is 4.20. The highest BCUT2D eigenvalue weighted by Crippen LogP contribution is 2.22. The molecule has 1 atom stereocenters. The molecule has 0 aliphatic heterocycles. The predicted octanol–water partition coefficient (Wildman–Crippen LogP) is 3.29. The van der Waals surface area contributed by atoms with E-state index in [9.17, 15) is 25.2 Å². The molecular formula is C28H39N3O6. The van der Waals surface area contributed by atoms with Crippen molar-refractivity contribution in [2.24, 2.45) is 0 Å². The Morgan fingerprint density at radius 2 is 1.76 bits per heavy atom. The normalized spacial score (nSPS) is 12.2. The first-order chi connectivity index (χ1) is 18.0. The molecule has 9 nitrogen and oxygen atoms in total. The molecule has 9 heteroatoms. The highest BCUT2D eigenvalue weighted by atomic mass is 16.5. The van der Waals surface area contributed by atoms with Gasteiger partial charge in [-0.1, -0.05) is 31.0 Å². The summed E-state index contributed by atoms with van der Waals surface area (Å²) < 4.78 is 7.00. The molecule has 0 spiro atoms. The van der Waals surface area contributed by atoms with Crippen molar-refractivity contribution in [2.75, 3.05) is 26.3 Å². The maximum absolute atomic E-state index is 11.8. The monoisotopic (exact) mass is 513 g/mol. The zero-order chi connectivity index (χ0) is 26.5.